The number of halogens is 1. The van der Waals surface area contributed by atoms with Crippen LogP contribution in [-0.2, 0) is 6.61 Å². The lowest BCUT2D eigenvalue weighted by molar-refractivity contribution is 0.0840. The van der Waals surface area contributed by atoms with Crippen LogP contribution in [0.3, 0.4) is 0 Å². The van der Waals surface area contributed by atoms with Crippen molar-refractivity contribution < 1.29 is 14.6 Å². The third-order valence-electron chi connectivity index (χ3n) is 4.14. The lowest BCUT2D eigenvalue weighted by atomic mass is 10.1. The van der Waals surface area contributed by atoms with Gasteiger partial charge in [-0.3, -0.25) is 9.36 Å². The highest BCUT2D eigenvalue weighted by Crippen LogP contribution is 2.26. The van der Waals surface area contributed by atoms with Crippen LogP contribution in [0.15, 0.2) is 42.5 Å². The standard InChI is InChI=1S/C19H18ClNO3/c1-12-9-14(7-8-17(12)20)24-11-19(23)21-13(2)16(10-22)15-5-3-4-6-18(15)21/h3-9,22H,10-11H2,1-2H3. The number of nitrogens with zero attached hydrogens (tertiary/aromatic N) is 1. The predicted molar refractivity (Wildman–Crippen MR) is 94.9 cm³/mol. The molecule has 0 fully saturated rings. The summed E-state index contributed by atoms with van der Waals surface area (Å²) in [4.78, 5) is 12.7. The van der Waals surface area contributed by atoms with Gasteiger partial charge in [-0.2, -0.15) is 0 Å². The number of carbonyl (C=O) groups excluding carboxylic acids is 1. The molecular weight excluding hydrogens is 326 g/mol. The molecule has 0 bridgehead atoms. The molecule has 0 unspecified atom stereocenters. The second-order valence-corrected chi connectivity index (χ2v) is 6.08. The van der Waals surface area contributed by atoms with E-state index in [4.69, 9.17) is 16.3 Å². The Labute approximate surface area is 145 Å². The number of aryl methyl sites for hydroxylation is 1. The minimum Gasteiger partial charge on any atom is -0.484 e. The number of hydrogen-bond donors (Lipinski definition) is 1. The summed E-state index contributed by atoms with van der Waals surface area (Å²) in [6, 6.07) is 12.8. The fourth-order valence-electron chi connectivity index (χ4n) is 2.87. The molecule has 2 aromatic carbocycles. The Kier molecular flexibility index (Phi) is 4.60. The van der Waals surface area contributed by atoms with Crippen molar-refractivity contribution in [2.75, 3.05) is 6.61 Å². The highest BCUT2D eigenvalue weighted by molar-refractivity contribution is 6.31. The van der Waals surface area contributed by atoms with Gasteiger partial charge in [-0.25, -0.2) is 0 Å². The van der Waals surface area contributed by atoms with Crippen molar-refractivity contribution in [3.63, 3.8) is 0 Å². The van der Waals surface area contributed by atoms with Crippen LogP contribution in [0.4, 0.5) is 0 Å². The van der Waals surface area contributed by atoms with Gasteiger partial charge in [0.15, 0.2) is 6.61 Å². The molecule has 3 rings (SSSR count). The summed E-state index contributed by atoms with van der Waals surface area (Å²) in [7, 11) is 0. The number of fused-ring (bicyclic) bond motifs is 1. The Hall–Kier alpha value is -2.30. The molecule has 24 heavy (non-hydrogen) atoms. The largest absolute Gasteiger partial charge is 0.484 e. The van der Waals surface area contributed by atoms with Gasteiger partial charge in [0.05, 0.1) is 12.1 Å². The monoisotopic (exact) mass is 343 g/mol. The van der Waals surface area contributed by atoms with Crippen molar-refractivity contribution in [2.45, 2.75) is 20.5 Å². The van der Waals surface area contributed by atoms with Gasteiger partial charge in [0.1, 0.15) is 5.75 Å². The van der Waals surface area contributed by atoms with E-state index in [-0.39, 0.29) is 19.1 Å². The molecule has 0 aliphatic heterocycles. The first-order valence-corrected chi connectivity index (χ1v) is 8.02. The molecular formula is C19H18ClNO3. The molecule has 0 atom stereocenters. The van der Waals surface area contributed by atoms with Gasteiger partial charge in [0.25, 0.3) is 5.91 Å². The summed E-state index contributed by atoms with van der Waals surface area (Å²) in [5.41, 5.74) is 3.17. The first kappa shape index (κ1) is 16.6. The Morgan fingerprint density at radius 2 is 1.96 bits per heavy atom. The Morgan fingerprint density at radius 1 is 1.21 bits per heavy atom. The topological polar surface area (TPSA) is 51.5 Å². The summed E-state index contributed by atoms with van der Waals surface area (Å²) in [5, 5.41) is 11.2. The predicted octanol–water partition coefficient (Wildman–Crippen LogP) is 4.12. The van der Waals surface area contributed by atoms with E-state index in [1.807, 2.05) is 38.1 Å². The zero-order chi connectivity index (χ0) is 17.3. The van der Waals surface area contributed by atoms with Crippen LogP contribution >= 0.6 is 11.6 Å². The minimum absolute atomic E-state index is 0.0918. The van der Waals surface area contributed by atoms with E-state index in [0.29, 0.717) is 10.8 Å². The van der Waals surface area contributed by atoms with Crippen molar-refractivity contribution in [1.29, 1.82) is 0 Å². The molecule has 0 radical (unpaired) electrons. The number of aliphatic hydroxyl groups is 1. The Balaban J connectivity index is 1.89. The van der Waals surface area contributed by atoms with Gasteiger partial charge in [0.2, 0.25) is 0 Å². The molecule has 124 valence electrons. The van der Waals surface area contributed by atoms with Crippen LogP contribution in [0.1, 0.15) is 21.6 Å². The minimum atomic E-state index is -0.184. The van der Waals surface area contributed by atoms with Gasteiger partial charge < -0.3 is 9.84 Å². The third-order valence-corrected chi connectivity index (χ3v) is 4.57. The van der Waals surface area contributed by atoms with E-state index in [9.17, 15) is 9.90 Å². The highest BCUT2D eigenvalue weighted by Gasteiger charge is 2.18. The molecule has 4 nitrogen and oxygen atoms in total. The van der Waals surface area contributed by atoms with Gasteiger partial charge in [-0.05, 0) is 43.7 Å². The summed E-state index contributed by atoms with van der Waals surface area (Å²) in [5.74, 6) is 0.415. The van der Waals surface area contributed by atoms with E-state index in [2.05, 4.69) is 0 Å². The van der Waals surface area contributed by atoms with Crippen molar-refractivity contribution in [2.24, 2.45) is 0 Å². The molecule has 5 heteroatoms. The fraction of sp³-hybridized carbons (Fsp3) is 0.211. The van der Waals surface area contributed by atoms with Crippen molar-refractivity contribution >= 4 is 28.4 Å². The number of aromatic nitrogens is 1. The number of benzene rings is 2. The zero-order valence-corrected chi connectivity index (χ0v) is 14.3. The lowest BCUT2D eigenvalue weighted by Gasteiger charge is -2.10. The first-order valence-electron chi connectivity index (χ1n) is 7.65. The molecule has 0 aliphatic rings. The van der Waals surface area contributed by atoms with Gasteiger partial charge in [-0.15, -0.1) is 0 Å². The van der Waals surface area contributed by atoms with Crippen molar-refractivity contribution in [1.82, 2.24) is 4.57 Å². The number of aliphatic hydroxyl groups excluding tert-OH is 1. The molecule has 0 spiro atoms. The van der Waals surface area contributed by atoms with Crippen LogP contribution < -0.4 is 4.74 Å². The number of carbonyl (C=O) groups is 1. The third kappa shape index (κ3) is 2.90. The van der Waals surface area contributed by atoms with E-state index in [1.165, 1.54) is 0 Å². The number of para-hydroxylation sites is 1. The summed E-state index contributed by atoms with van der Waals surface area (Å²) in [6.45, 7) is 3.51. The molecule has 1 N–H and O–H groups in total. The van der Waals surface area contributed by atoms with Gasteiger partial charge in [-0.1, -0.05) is 29.8 Å². The van der Waals surface area contributed by atoms with E-state index < -0.39 is 0 Å². The first-order chi connectivity index (χ1) is 11.5. The molecule has 0 aliphatic carbocycles. The maximum atomic E-state index is 12.7. The van der Waals surface area contributed by atoms with Crippen LogP contribution in [0.5, 0.6) is 5.75 Å². The number of hydrogen-bond acceptors (Lipinski definition) is 3. The number of rotatable bonds is 4. The van der Waals surface area contributed by atoms with Crippen molar-refractivity contribution in [3.05, 3.63) is 64.3 Å². The normalized spacial score (nSPS) is 11.0. The highest BCUT2D eigenvalue weighted by atomic mass is 35.5. The maximum Gasteiger partial charge on any atom is 0.269 e. The molecule has 0 saturated heterocycles. The van der Waals surface area contributed by atoms with Gasteiger partial charge in [0, 0.05) is 21.7 Å². The fourth-order valence-corrected chi connectivity index (χ4v) is 2.99. The summed E-state index contributed by atoms with van der Waals surface area (Å²) < 4.78 is 7.21. The SMILES string of the molecule is Cc1cc(OCC(=O)n2c(C)c(CO)c3ccccc32)ccc1Cl. The second kappa shape index (κ2) is 6.67. The van der Waals surface area contributed by atoms with E-state index in [1.54, 1.807) is 22.8 Å². The van der Waals surface area contributed by atoms with E-state index in [0.717, 1.165) is 27.7 Å². The number of ether oxygens (including phenoxy) is 1. The smallest absolute Gasteiger partial charge is 0.269 e. The molecule has 1 heterocycles. The maximum absolute atomic E-state index is 12.7. The molecule has 0 amide bonds. The van der Waals surface area contributed by atoms with Crippen LogP contribution in [0.25, 0.3) is 10.9 Å². The molecule has 0 saturated carbocycles. The molecule has 3 aromatic rings. The van der Waals surface area contributed by atoms with Crippen LogP contribution in [0.2, 0.25) is 5.02 Å². The van der Waals surface area contributed by atoms with Crippen molar-refractivity contribution in [3.8, 4) is 5.75 Å². The average Bonchev–Trinajstić information content (AvgIpc) is 2.87. The van der Waals surface area contributed by atoms with E-state index >= 15 is 0 Å². The quantitative estimate of drug-likeness (QED) is 0.775. The van der Waals surface area contributed by atoms with Crippen LogP contribution in [-0.4, -0.2) is 22.2 Å². The summed E-state index contributed by atoms with van der Waals surface area (Å²) >= 11 is 5.99. The van der Waals surface area contributed by atoms with Gasteiger partial charge >= 0.3 is 0 Å². The lowest BCUT2D eigenvalue weighted by Crippen LogP contribution is -2.20. The average molecular weight is 344 g/mol. The summed E-state index contributed by atoms with van der Waals surface area (Å²) in [6.07, 6.45) is 0. The molecule has 1 aromatic heterocycles. The Morgan fingerprint density at radius 3 is 2.67 bits per heavy atom. The Bertz CT molecular complexity index is 914. The van der Waals surface area contributed by atoms with Crippen LogP contribution in [0, 0.1) is 13.8 Å². The zero-order valence-electron chi connectivity index (χ0n) is 13.5. The second-order valence-electron chi connectivity index (χ2n) is 5.67.